The molecule has 0 saturated carbocycles. The van der Waals surface area contributed by atoms with Crippen molar-refractivity contribution in [3.63, 3.8) is 0 Å². The first-order valence-corrected chi connectivity index (χ1v) is 3.52. The van der Waals surface area contributed by atoms with Crippen LogP contribution in [0.4, 0.5) is 0 Å². The largest absolute Gasteiger partial charge is 0.481 e. The van der Waals surface area contributed by atoms with Crippen LogP contribution in [0.5, 0.6) is 0 Å². The highest BCUT2D eigenvalue weighted by molar-refractivity contribution is 5.98. The minimum atomic E-state index is -1.12. The lowest BCUT2D eigenvalue weighted by Crippen LogP contribution is -2.41. The van der Waals surface area contributed by atoms with Crippen LogP contribution in [0, 0.1) is 16.7 Å². The maximum atomic E-state index is 10.7. The van der Waals surface area contributed by atoms with E-state index in [-0.39, 0.29) is 0 Å². The fourth-order valence-corrected chi connectivity index (χ4v) is 0.991. The Kier molecular flexibility index (Phi) is 3.21. The highest BCUT2D eigenvalue weighted by Crippen LogP contribution is 2.26. The highest BCUT2D eigenvalue weighted by atomic mass is 16.5. The summed E-state index contributed by atoms with van der Waals surface area (Å²) >= 11 is 0. The molecule has 0 aliphatic carbocycles. The second-order valence-corrected chi connectivity index (χ2v) is 3.66. The van der Waals surface area contributed by atoms with E-state index in [1.165, 1.54) is 0 Å². The van der Waals surface area contributed by atoms with Gasteiger partial charge in [-0.25, -0.2) is 0 Å². The minimum absolute atomic E-state index is 0.394. The smallest absolute Gasteiger partial charge is 0.314 e. The zero-order valence-electron chi connectivity index (χ0n) is 7.38. The summed E-state index contributed by atoms with van der Waals surface area (Å²) in [6.07, 6.45) is 0. The van der Waals surface area contributed by atoms with E-state index in [0.717, 1.165) is 0 Å². The van der Waals surface area contributed by atoms with Gasteiger partial charge in [0.1, 0.15) is 11.8 Å². The second-order valence-electron chi connectivity index (χ2n) is 3.66. The number of amidine groups is 1. The Labute approximate surface area is 70.9 Å². The number of rotatable bonds is 2. The number of carboxylic acid groups (broad SMARTS) is 1. The topological polar surface area (TPSA) is 93.4 Å². The lowest BCUT2D eigenvalue weighted by atomic mass is 9.80. The van der Waals surface area contributed by atoms with E-state index in [9.17, 15) is 4.79 Å². The summed E-state index contributed by atoms with van der Waals surface area (Å²) in [5.74, 6) is -2.52. The van der Waals surface area contributed by atoms with Gasteiger partial charge in [-0.15, -0.1) is 0 Å². The van der Waals surface area contributed by atoms with Gasteiger partial charge in [-0.2, -0.15) is 0 Å². The van der Waals surface area contributed by atoms with Crippen molar-refractivity contribution in [1.29, 1.82) is 5.41 Å². The average Bonchev–Trinajstić information content (AvgIpc) is 1.83. The molecule has 5 heteroatoms. The number of hydrogen-bond donors (Lipinski definition) is 4. The van der Waals surface area contributed by atoms with Gasteiger partial charge in [-0.3, -0.25) is 20.9 Å². The molecule has 0 rings (SSSR count). The molecule has 5 nitrogen and oxygen atoms in total. The molecule has 0 aliphatic heterocycles. The summed E-state index contributed by atoms with van der Waals surface area (Å²) in [4.78, 5) is 10.7. The fraction of sp³-hybridized carbons (Fsp3) is 0.714. The average molecular weight is 174 g/mol. The van der Waals surface area contributed by atoms with Crippen molar-refractivity contribution in [3.05, 3.63) is 0 Å². The summed E-state index contributed by atoms with van der Waals surface area (Å²) < 4.78 is 0. The van der Waals surface area contributed by atoms with Crippen LogP contribution in [0.15, 0.2) is 0 Å². The van der Waals surface area contributed by atoms with Crippen LogP contribution in [0.2, 0.25) is 0 Å². The van der Waals surface area contributed by atoms with E-state index < -0.39 is 23.1 Å². The first kappa shape index (κ1) is 10.9. The van der Waals surface area contributed by atoms with Crippen LogP contribution in [0.25, 0.3) is 0 Å². The molecule has 70 valence electrons. The predicted molar refractivity (Wildman–Crippen MR) is 43.2 cm³/mol. The molecule has 0 spiro atoms. The Balaban J connectivity index is 4.68. The van der Waals surface area contributed by atoms with Crippen molar-refractivity contribution >= 4 is 11.8 Å². The molecule has 4 N–H and O–H groups in total. The van der Waals surface area contributed by atoms with Crippen molar-refractivity contribution in [3.8, 4) is 0 Å². The molecule has 0 aromatic heterocycles. The lowest BCUT2D eigenvalue weighted by molar-refractivity contribution is -0.142. The third kappa shape index (κ3) is 2.50. The van der Waals surface area contributed by atoms with Crippen LogP contribution in [-0.4, -0.2) is 22.1 Å². The van der Waals surface area contributed by atoms with E-state index in [4.69, 9.17) is 15.7 Å². The summed E-state index contributed by atoms with van der Waals surface area (Å²) in [5, 5.41) is 24.2. The standard InChI is InChI=1S/C7H14N2O3/c1-7(2,3)4(6(10)11)5(8)9-12/h4,12H,1-3H3,(H2,8,9)(H,10,11). The van der Waals surface area contributed by atoms with Crippen LogP contribution in [0.3, 0.4) is 0 Å². The zero-order chi connectivity index (χ0) is 9.94. The SMILES string of the molecule is CC(C)(C)C(C(=N)NO)C(=O)O. The van der Waals surface area contributed by atoms with Crippen molar-refractivity contribution in [2.24, 2.45) is 11.3 Å². The molecule has 12 heavy (non-hydrogen) atoms. The molecule has 0 radical (unpaired) electrons. The van der Waals surface area contributed by atoms with Gasteiger partial charge in [-0.05, 0) is 5.41 Å². The van der Waals surface area contributed by atoms with Gasteiger partial charge in [0.05, 0.1) is 0 Å². The van der Waals surface area contributed by atoms with Gasteiger partial charge in [0.25, 0.3) is 0 Å². The Bertz CT molecular complexity index is 195. The number of hydroxylamine groups is 1. The summed E-state index contributed by atoms with van der Waals surface area (Å²) in [7, 11) is 0. The number of carboxylic acids is 1. The van der Waals surface area contributed by atoms with Gasteiger partial charge < -0.3 is 5.11 Å². The lowest BCUT2D eigenvalue weighted by Gasteiger charge is -2.26. The Morgan fingerprint density at radius 1 is 1.50 bits per heavy atom. The van der Waals surface area contributed by atoms with Gasteiger partial charge in [0, 0.05) is 0 Å². The van der Waals surface area contributed by atoms with Crippen molar-refractivity contribution in [1.82, 2.24) is 5.48 Å². The number of hydrogen-bond acceptors (Lipinski definition) is 3. The molecule has 1 atom stereocenters. The van der Waals surface area contributed by atoms with Gasteiger partial charge in [0.2, 0.25) is 0 Å². The van der Waals surface area contributed by atoms with E-state index in [2.05, 4.69) is 0 Å². The third-order valence-corrected chi connectivity index (χ3v) is 1.52. The maximum Gasteiger partial charge on any atom is 0.314 e. The first-order chi connectivity index (χ1) is 5.30. The molecule has 0 saturated heterocycles. The molecule has 0 heterocycles. The Hall–Kier alpha value is -1.10. The maximum absolute atomic E-state index is 10.7. The normalized spacial score (nSPS) is 13.7. The van der Waals surface area contributed by atoms with Gasteiger partial charge in [-0.1, -0.05) is 20.8 Å². The van der Waals surface area contributed by atoms with Crippen molar-refractivity contribution in [2.45, 2.75) is 20.8 Å². The van der Waals surface area contributed by atoms with E-state index in [0.29, 0.717) is 0 Å². The second kappa shape index (κ2) is 3.53. The molecule has 0 aromatic rings. The molecule has 0 aliphatic rings. The Morgan fingerprint density at radius 3 is 2.00 bits per heavy atom. The number of carbonyl (C=O) groups is 1. The highest BCUT2D eigenvalue weighted by Gasteiger charge is 2.34. The molecule has 0 bridgehead atoms. The van der Waals surface area contributed by atoms with Gasteiger partial charge >= 0.3 is 5.97 Å². The first-order valence-electron chi connectivity index (χ1n) is 3.52. The molecule has 0 aromatic carbocycles. The molecule has 0 amide bonds. The summed E-state index contributed by atoms with van der Waals surface area (Å²) in [6.45, 7) is 5.08. The molecule has 1 unspecified atom stereocenters. The van der Waals surface area contributed by atoms with Crippen LogP contribution < -0.4 is 5.48 Å². The summed E-state index contributed by atoms with van der Waals surface area (Å²) in [6, 6.07) is 0. The fourth-order valence-electron chi connectivity index (χ4n) is 0.991. The molecular weight excluding hydrogens is 160 g/mol. The Morgan fingerprint density at radius 2 is 1.92 bits per heavy atom. The van der Waals surface area contributed by atoms with Crippen LogP contribution >= 0.6 is 0 Å². The molecular formula is C7H14N2O3. The molecule has 0 fully saturated rings. The van der Waals surface area contributed by atoms with E-state index in [1.54, 1.807) is 26.3 Å². The summed E-state index contributed by atoms with van der Waals surface area (Å²) in [5.41, 5.74) is 0.971. The van der Waals surface area contributed by atoms with E-state index in [1.807, 2.05) is 0 Å². The monoisotopic (exact) mass is 174 g/mol. The van der Waals surface area contributed by atoms with E-state index >= 15 is 0 Å². The van der Waals surface area contributed by atoms with Crippen LogP contribution in [-0.2, 0) is 4.79 Å². The minimum Gasteiger partial charge on any atom is -0.481 e. The number of nitrogens with one attached hydrogen (secondary N) is 2. The quantitative estimate of drug-likeness (QED) is 0.281. The van der Waals surface area contributed by atoms with Crippen molar-refractivity contribution in [2.75, 3.05) is 0 Å². The predicted octanol–water partition coefficient (Wildman–Crippen LogP) is 0.689. The zero-order valence-corrected chi connectivity index (χ0v) is 7.38. The van der Waals surface area contributed by atoms with Crippen molar-refractivity contribution < 1.29 is 15.1 Å². The number of aliphatic carboxylic acids is 1. The van der Waals surface area contributed by atoms with Gasteiger partial charge in [0.15, 0.2) is 0 Å². The van der Waals surface area contributed by atoms with Crippen LogP contribution in [0.1, 0.15) is 20.8 Å². The third-order valence-electron chi connectivity index (χ3n) is 1.52.